The Kier molecular flexibility index (Phi) is 4.25. The summed E-state index contributed by atoms with van der Waals surface area (Å²) >= 11 is 5.88. The predicted octanol–water partition coefficient (Wildman–Crippen LogP) is 1.80. The quantitative estimate of drug-likeness (QED) is 0.847. The fourth-order valence-electron chi connectivity index (χ4n) is 1.40. The van der Waals surface area contributed by atoms with Crippen molar-refractivity contribution in [1.29, 1.82) is 5.26 Å². The van der Waals surface area contributed by atoms with Gasteiger partial charge in [0.15, 0.2) is 0 Å². The van der Waals surface area contributed by atoms with Gasteiger partial charge >= 0.3 is 0 Å². The van der Waals surface area contributed by atoms with Crippen LogP contribution in [0.2, 0.25) is 5.02 Å². The van der Waals surface area contributed by atoms with E-state index in [4.69, 9.17) is 22.0 Å². The molecule has 1 atom stereocenters. The number of benzene rings is 1. The van der Waals surface area contributed by atoms with E-state index in [0.29, 0.717) is 5.56 Å². The second-order valence-electron chi connectivity index (χ2n) is 3.51. The summed E-state index contributed by atoms with van der Waals surface area (Å²) in [5.74, 6) is -0.448. The molecule has 0 radical (unpaired) electrons. The summed E-state index contributed by atoms with van der Waals surface area (Å²) in [4.78, 5) is 0. The summed E-state index contributed by atoms with van der Waals surface area (Å²) in [6.07, 6.45) is 0. The number of nitrogens with one attached hydrogen (secondary N) is 1. The number of aliphatic hydroxyl groups is 1. The van der Waals surface area contributed by atoms with Gasteiger partial charge in [-0.3, -0.25) is 5.32 Å². The van der Waals surface area contributed by atoms with Crippen molar-refractivity contribution in [3.63, 3.8) is 0 Å². The molecule has 1 aromatic rings. The van der Waals surface area contributed by atoms with Crippen LogP contribution < -0.4 is 5.32 Å². The van der Waals surface area contributed by atoms with Crippen LogP contribution in [0.1, 0.15) is 12.5 Å². The zero-order valence-electron chi connectivity index (χ0n) is 8.80. The van der Waals surface area contributed by atoms with Crippen LogP contribution in [0.5, 0.6) is 0 Å². The van der Waals surface area contributed by atoms with Crippen LogP contribution in [0.25, 0.3) is 0 Å². The SMILES string of the molecule is CC(C#N)(NCCO)c1ccc(F)cc1Cl. The van der Waals surface area contributed by atoms with Gasteiger partial charge in [-0.25, -0.2) is 4.39 Å². The number of nitrogens with zero attached hydrogens (tertiary/aromatic N) is 1. The van der Waals surface area contributed by atoms with E-state index in [1.807, 2.05) is 0 Å². The smallest absolute Gasteiger partial charge is 0.130 e. The molecule has 2 N–H and O–H groups in total. The number of hydrogen-bond donors (Lipinski definition) is 2. The van der Waals surface area contributed by atoms with Crippen molar-refractivity contribution in [3.05, 3.63) is 34.6 Å². The standard InChI is InChI=1S/C11H12ClFN2O/c1-11(7-14,15-4-5-16)9-3-2-8(13)6-10(9)12/h2-3,6,15-16H,4-5H2,1H3. The molecule has 0 heterocycles. The summed E-state index contributed by atoms with van der Waals surface area (Å²) < 4.78 is 12.9. The molecule has 0 aliphatic rings. The predicted molar refractivity (Wildman–Crippen MR) is 59.5 cm³/mol. The molecule has 5 heteroatoms. The molecule has 0 saturated carbocycles. The van der Waals surface area contributed by atoms with E-state index >= 15 is 0 Å². The average Bonchev–Trinajstić information content (AvgIpc) is 2.26. The van der Waals surface area contributed by atoms with Crippen LogP contribution in [0.15, 0.2) is 18.2 Å². The van der Waals surface area contributed by atoms with Crippen LogP contribution in [-0.4, -0.2) is 18.3 Å². The molecular formula is C11H12ClFN2O. The molecule has 3 nitrogen and oxygen atoms in total. The zero-order valence-corrected chi connectivity index (χ0v) is 9.55. The first-order valence-electron chi connectivity index (χ1n) is 4.76. The molecule has 0 aliphatic carbocycles. The minimum absolute atomic E-state index is 0.0872. The first-order valence-corrected chi connectivity index (χ1v) is 5.14. The van der Waals surface area contributed by atoms with E-state index in [1.54, 1.807) is 6.92 Å². The highest BCUT2D eigenvalue weighted by atomic mass is 35.5. The van der Waals surface area contributed by atoms with Gasteiger partial charge in [0.2, 0.25) is 0 Å². The van der Waals surface area contributed by atoms with E-state index < -0.39 is 11.4 Å². The van der Waals surface area contributed by atoms with Gasteiger partial charge in [0.05, 0.1) is 12.7 Å². The highest BCUT2D eigenvalue weighted by molar-refractivity contribution is 6.31. The largest absolute Gasteiger partial charge is 0.395 e. The molecule has 0 amide bonds. The number of aliphatic hydroxyl groups excluding tert-OH is 1. The lowest BCUT2D eigenvalue weighted by molar-refractivity contribution is 0.276. The van der Waals surface area contributed by atoms with Gasteiger partial charge in [-0.15, -0.1) is 0 Å². The normalized spacial score (nSPS) is 14.2. The Morgan fingerprint density at radius 2 is 2.31 bits per heavy atom. The summed E-state index contributed by atoms with van der Waals surface area (Å²) in [5, 5.41) is 20.9. The molecule has 1 aromatic carbocycles. The van der Waals surface area contributed by atoms with Gasteiger partial charge in [0.1, 0.15) is 11.4 Å². The molecule has 0 aliphatic heterocycles. The third-order valence-corrected chi connectivity index (χ3v) is 2.60. The average molecular weight is 243 g/mol. The van der Waals surface area contributed by atoms with Crippen LogP contribution >= 0.6 is 11.6 Å². The zero-order chi connectivity index (χ0) is 12.2. The van der Waals surface area contributed by atoms with Gasteiger partial charge in [0, 0.05) is 17.1 Å². The number of hydrogen-bond acceptors (Lipinski definition) is 3. The van der Waals surface area contributed by atoms with Crippen LogP contribution in [-0.2, 0) is 5.54 Å². The van der Waals surface area contributed by atoms with Crippen LogP contribution in [0, 0.1) is 17.1 Å². The van der Waals surface area contributed by atoms with Gasteiger partial charge in [0.25, 0.3) is 0 Å². The molecule has 1 rings (SSSR count). The maximum Gasteiger partial charge on any atom is 0.130 e. The molecule has 0 spiro atoms. The first-order chi connectivity index (χ1) is 7.53. The van der Waals surface area contributed by atoms with E-state index in [1.165, 1.54) is 12.1 Å². The van der Waals surface area contributed by atoms with Crippen molar-refractivity contribution in [3.8, 4) is 6.07 Å². The topological polar surface area (TPSA) is 56.0 Å². The Morgan fingerprint density at radius 3 is 2.81 bits per heavy atom. The summed E-state index contributed by atoms with van der Waals surface area (Å²) in [6, 6.07) is 5.93. The van der Waals surface area contributed by atoms with Gasteiger partial charge < -0.3 is 5.11 Å². The van der Waals surface area contributed by atoms with Crippen molar-refractivity contribution in [2.45, 2.75) is 12.5 Å². The summed E-state index contributed by atoms with van der Waals surface area (Å²) in [6.45, 7) is 1.80. The Labute approximate surface area is 98.5 Å². The maximum absolute atomic E-state index is 12.9. The molecule has 0 bridgehead atoms. The highest BCUT2D eigenvalue weighted by Crippen LogP contribution is 2.28. The molecule has 1 unspecified atom stereocenters. The minimum atomic E-state index is -1.03. The highest BCUT2D eigenvalue weighted by Gasteiger charge is 2.27. The van der Waals surface area contributed by atoms with E-state index in [-0.39, 0.29) is 18.2 Å². The molecule has 86 valence electrons. The molecular weight excluding hydrogens is 231 g/mol. The van der Waals surface area contributed by atoms with Crippen LogP contribution in [0.3, 0.4) is 0 Å². The van der Waals surface area contributed by atoms with Crippen molar-refractivity contribution < 1.29 is 9.50 Å². The fourth-order valence-corrected chi connectivity index (χ4v) is 1.75. The monoisotopic (exact) mass is 242 g/mol. The third kappa shape index (κ3) is 2.70. The lowest BCUT2D eigenvalue weighted by Crippen LogP contribution is -2.40. The second-order valence-corrected chi connectivity index (χ2v) is 3.92. The summed E-state index contributed by atoms with van der Waals surface area (Å²) in [7, 11) is 0. The lowest BCUT2D eigenvalue weighted by Gasteiger charge is -2.24. The Bertz CT molecular complexity index is 419. The Morgan fingerprint density at radius 1 is 1.62 bits per heavy atom. The fraction of sp³-hybridized carbons (Fsp3) is 0.364. The maximum atomic E-state index is 12.9. The molecule has 0 aromatic heterocycles. The van der Waals surface area contributed by atoms with Crippen molar-refractivity contribution >= 4 is 11.6 Å². The Hall–Kier alpha value is -1.15. The van der Waals surface area contributed by atoms with Gasteiger partial charge in [-0.1, -0.05) is 17.7 Å². The van der Waals surface area contributed by atoms with Crippen molar-refractivity contribution in [1.82, 2.24) is 5.32 Å². The molecule has 0 saturated heterocycles. The number of rotatable bonds is 4. The number of halogens is 2. The molecule has 0 fully saturated rings. The third-order valence-electron chi connectivity index (χ3n) is 2.28. The first kappa shape index (κ1) is 12.9. The van der Waals surface area contributed by atoms with Gasteiger partial charge in [-0.05, 0) is 19.1 Å². The summed E-state index contributed by atoms with van der Waals surface area (Å²) in [5.41, 5.74) is -0.542. The minimum Gasteiger partial charge on any atom is -0.395 e. The lowest BCUT2D eigenvalue weighted by atomic mass is 9.93. The number of nitriles is 1. The Balaban J connectivity index is 3.08. The van der Waals surface area contributed by atoms with Crippen molar-refractivity contribution in [2.75, 3.05) is 13.2 Å². The van der Waals surface area contributed by atoms with Crippen molar-refractivity contribution in [2.24, 2.45) is 0 Å². The van der Waals surface area contributed by atoms with E-state index in [0.717, 1.165) is 6.07 Å². The second kappa shape index (κ2) is 5.26. The molecule has 16 heavy (non-hydrogen) atoms. The van der Waals surface area contributed by atoms with E-state index in [9.17, 15) is 4.39 Å². The van der Waals surface area contributed by atoms with Crippen LogP contribution in [0.4, 0.5) is 4.39 Å². The van der Waals surface area contributed by atoms with E-state index in [2.05, 4.69) is 11.4 Å². The van der Waals surface area contributed by atoms with Gasteiger partial charge in [-0.2, -0.15) is 5.26 Å².